The Balaban J connectivity index is 1.77. The third kappa shape index (κ3) is 2.80. The standard InChI is InChI=1S/C17H21FN2O/c1-11(2)7-16(21)20-10-17(5-6-17)14-9-19-15-8-12(18)3-4-13(14)15/h3-4,8-9,11,19H,5-7,10H2,1-2H3,(H,20,21). The van der Waals surface area contributed by atoms with E-state index in [-0.39, 0.29) is 17.1 Å². The van der Waals surface area contributed by atoms with E-state index in [4.69, 9.17) is 0 Å². The summed E-state index contributed by atoms with van der Waals surface area (Å²) in [6.07, 6.45) is 4.67. The lowest BCUT2D eigenvalue weighted by Gasteiger charge is -2.16. The fourth-order valence-corrected chi connectivity index (χ4v) is 2.94. The van der Waals surface area contributed by atoms with E-state index in [2.05, 4.69) is 10.3 Å². The van der Waals surface area contributed by atoms with Crippen molar-refractivity contribution in [2.24, 2.45) is 5.92 Å². The quantitative estimate of drug-likeness (QED) is 0.869. The van der Waals surface area contributed by atoms with Gasteiger partial charge in [0, 0.05) is 35.5 Å². The maximum atomic E-state index is 13.3. The molecule has 2 aromatic rings. The number of rotatable bonds is 5. The number of carbonyl (C=O) groups excluding carboxylic acids is 1. The molecule has 0 spiro atoms. The third-order valence-corrected chi connectivity index (χ3v) is 4.29. The summed E-state index contributed by atoms with van der Waals surface area (Å²) < 4.78 is 13.3. The van der Waals surface area contributed by atoms with Crippen molar-refractivity contribution in [1.82, 2.24) is 10.3 Å². The molecule has 0 unspecified atom stereocenters. The predicted octanol–water partition coefficient (Wildman–Crippen LogP) is 3.50. The highest BCUT2D eigenvalue weighted by Crippen LogP contribution is 2.50. The Bertz CT molecular complexity index is 670. The molecule has 2 N–H and O–H groups in total. The molecule has 21 heavy (non-hydrogen) atoms. The fourth-order valence-electron chi connectivity index (χ4n) is 2.94. The summed E-state index contributed by atoms with van der Waals surface area (Å²) in [5, 5.41) is 4.12. The van der Waals surface area contributed by atoms with Crippen LogP contribution in [0.15, 0.2) is 24.4 Å². The Morgan fingerprint density at radius 2 is 2.19 bits per heavy atom. The average molecular weight is 288 g/mol. The molecule has 1 amide bonds. The summed E-state index contributed by atoms with van der Waals surface area (Å²) in [5.74, 6) is 0.254. The first-order valence-electron chi connectivity index (χ1n) is 7.54. The summed E-state index contributed by atoms with van der Waals surface area (Å²) in [5.41, 5.74) is 2.05. The molecule has 4 heteroatoms. The molecule has 0 atom stereocenters. The lowest BCUT2D eigenvalue weighted by atomic mass is 9.95. The molecular formula is C17H21FN2O. The molecule has 1 aromatic carbocycles. The van der Waals surface area contributed by atoms with Crippen molar-refractivity contribution < 1.29 is 9.18 Å². The molecule has 3 nitrogen and oxygen atoms in total. The Labute approximate surface area is 123 Å². The van der Waals surface area contributed by atoms with Gasteiger partial charge in [0.15, 0.2) is 0 Å². The van der Waals surface area contributed by atoms with E-state index < -0.39 is 0 Å². The van der Waals surface area contributed by atoms with E-state index in [9.17, 15) is 9.18 Å². The van der Waals surface area contributed by atoms with Crippen LogP contribution in [-0.2, 0) is 10.2 Å². The molecule has 1 heterocycles. The largest absolute Gasteiger partial charge is 0.361 e. The number of carbonyl (C=O) groups is 1. The smallest absolute Gasteiger partial charge is 0.220 e. The minimum absolute atomic E-state index is 0.0305. The number of aromatic amines is 1. The topological polar surface area (TPSA) is 44.9 Å². The molecule has 1 aliphatic rings. The van der Waals surface area contributed by atoms with Crippen LogP contribution in [0, 0.1) is 11.7 Å². The van der Waals surface area contributed by atoms with Crippen molar-refractivity contribution in [2.75, 3.05) is 6.54 Å². The van der Waals surface area contributed by atoms with Crippen LogP contribution in [-0.4, -0.2) is 17.4 Å². The summed E-state index contributed by atoms with van der Waals surface area (Å²) in [6, 6.07) is 4.84. The van der Waals surface area contributed by atoms with Gasteiger partial charge in [0.1, 0.15) is 5.82 Å². The normalized spacial score (nSPS) is 16.4. The molecule has 1 saturated carbocycles. The second-order valence-electron chi connectivity index (χ2n) is 6.55. The van der Waals surface area contributed by atoms with Crippen molar-refractivity contribution in [3.05, 3.63) is 35.8 Å². The van der Waals surface area contributed by atoms with Gasteiger partial charge in [-0.25, -0.2) is 4.39 Å². The number of hydrogen-bond donors (Lipinski definition) is 2. The first kappa shape index (κ1) is 14.1. The zero-order valence-electron chi connectivity index (χ0n) is 12.5. The first-order chi connectivity index (χ1) is 10.00. The molecule has 1 aliphatic carbocycles. The molecule has 0 radical (unpaired) electrons. The number of H-pyrrole nitrogens is 1. The number of hydrogen-bond acceptors (Lipinski definition) is 1. The van der Waals surface area contributed by atoms with E-state index in [0.717, 1.165) is 23.7 Å². The van der Waals surface area contributed by atoms with Crippen molar-refractivity contribution in [3.63, 3.8) is 0 Å². The summed E-state index contributed by atoms with van der Waals surface area (Å²) >= 11 is 0. The average Bonchev–Trinajstić information content (AvgIpc) is 3.09. The number of aromatic nitrogens is 1. The minimum atomic E-state index is -0.231. The SMILES string of the molecule is CC(C)CC(=O)NCC1(c2c[nH]c3cc(F)ccc23)CC1. The van der Waals surface area contributed by atoms with Gasteiger partial charge in [-0.05, 0) is 42.5 Å². The van der Waals surface area contributed by atoms with Gasteiger partial charge < -0.3 is 10.3 Å². The number of fused-ring (bicyclic) bond motifs is 1. The highest BCUT2D eigenvalue weighted by Gasteiger charge is 2.45. The second kappa shape index (κ2) is 5.17. The van der Waals surface area contributed by atoms with Gasteiger partial charge in [0.05, 0.1) is 0 Å². The fraction of sp³-hybridized carbons (Fsp3) is 0.471. The van der Waals surface area contributed by atoms with Crippen molar-refractivity contribution in [3.8, 4) is 0 Å². The maximum Gasteiger partial charge on any atom is 0.220 e. The van der Waals surface area contributed by atoms with Gasteiger partial charge in [-0.2, -0.15) is 0 Å². The summed E-state index contributed by atoms with van der Waals surface area (Å²) in [7, 11) is 0. The van der Waals surface area contributed by atoms with Crippen LogP contribution in [0.5, 0.6) is 0 Å². The molecule has 1 fully saturated rings. The monoisotopic (exact) mass is 288 g/mol. The predicted molar refractivity (Wildman–Crippen MR) is 81.6 cm³/mol. The van der Waals surface area contributed by atoms with Crippen LogP contribution in [0.3, 0.4) is 0 Å². The Hall–Kier alpha value is -1.84. The number of benzene rings is 1. The van der Waals surface area contributed by atoms with E-state index in [0.29, 0.717) is 18.9 Å². The Morgan fingerprint density at radius 3 is 2.86 bits per heavy atom. The molecule has 3 rings (SSSR count). The molecule has 112 valence electrons. The Kier molecular flexibility index (Phi) is 3.47. The zero-order chi connectivity index (χ0) is 15.0. The van der Waals surface area contributed by atoms with Gasteiger partial charge >= 0.3 is 0 Å². The number of nitrogens with one attached hydrogen (secondary N) is 2. The zero-order valence-corrected chi connectivity index (χ0v) is 12.5. The van der Waals surface area contributed by atoms with Crippen LogP contribution in [0.4, 0.5) is 4.39 Å². The van der Waals surface area contributed by atoms with Crippen LogP contribution >= 0.6 is 0 Å². The molecular weight excluding hydrogens is 267 g/mol. The molecule has 1 aromatic heterocycles. The van der Waals surface area contributed by atoms with E-state index >= 15 is 0 Å². The maximum absolute atomic E-state index is 13.3. The minimum Gasteiger partial charge on any atom is -0.361 e. The second-order valence-corrected chi connectivity index (χ2v) is 6.55. The van der Waals surface area contributed by atoms with Crippen molar-refractivity contribution in [2.45, 2.75) is 38.5 Å². The lowest BCUT2D eigenvalue weighted by Crippen LogP contribution is -2.32. The first-order valence-corrected chi connectivity index (χ1v) is 7.54. The molecule has 0 bridgehead atoms. The van der Waals surface area contributed by atoms with Crippen molar-refractivity contribution >= 4 is 16.8 Å². The van der Waals surface area contributed by atoms with Crippen LogP contribution in [0.25, 0.3) is 10.9 Å². The van der Waals surface area contributed by atoms with Crippen molar-refractivity contribution in [1.29, 1.82) is 0 Å². The lowest BCUT2D eigenvalue weighted by molar-refractivity contribution is -0.121. The third-order valence-electron chi connectivity index (χ3n) is 4.29. The summed E-state index contributed by atoms with van der Waals surface area (Å²) in [4.78, 5) is 15.0. The van der Waals surface area contributed by atoms with Gasteiger partial charge in [0.25, 0.3) is 0 Å². The summed E-state index contributed by atoms with van der Waals surface area (Å²) in [6.45, 7) is 4.75. The highest BCUT2D eigenvalue weighted by atomic mass is 19.1. The van der Waals surface area contributed by atoms with E-state index in [1.54, 1.807) is 0 Å². The highest BCUT2D eigenvalue weighted by molar-refractivity contribution is 5.85. The molecule has 0 saturated heterocycles. The van der Waals surface area contributed by atoms with E-state index in [1.807, 2.05) is 26.1 Å². The van der Waals surface area contributed by atoms with Crippen LogP contribution in [0.1, 0.15) is 38.7 Å². The van der Waals surface area contributed by atoms with Gasteiger partial charge in [-0.15, -0.1) is 0 Å². The van der Waals surface area contributed by atoms with Gasteiger partial charge in [-0.3, -0.25) is 4.79 Å². The van der Waals surface area contributed by atoms with Crippen LogP contribution < -0.4 is 5.32 Å². The number of amides is 1. The number of halogens is 1. The Morgan fingerprint density at radius 1 is 1.43 bits per heavy atom. The van der Waals surface area contributed by atoms with Gasteiger partial charge in [-0.1, -0.05) is 13.8 Å². The van der Waals surface area contributed by atoms with E-state index in [1.165, 1.54) is 17.7 Å². The van der Waals surface area contributed by atoms with Crippen LogP contribution in [0.2, 0.25) is 0 Å². The molecule has 0 aliphatic heterocycles. The van der Waals surface area contributed by atoms with Gasteiger partial charge in [0.2, 0.25) is 5.91 Å².